The van der Waals surface area contributed by atoms with Gasteiger partial charge in [-0.2, -0.15) is 0 Å². The number of benzene rings is 5. The topological polar surface area (TPSA) is 629 Å². The van der Waals surface area contributed by atoms with Crippen molar-refractivity contribution in [2.45, 2.75) is 164 Å². The van der Waals surface area contributed by atoms with Gasteiger partial charge >= 0.3 is 29.9 Å². The molecule has 0 aliphatic carbocycles. The van der Waals surface area contributed by atoms with Crippen molar-refractivity contribution in [2.75, 3.05) is 96.0 Å². The van der Waals surface area contributed by atoms with Crippen LogP contribution in [0.3, 0.4) is 0 Å². The molecule has 5 unspecified atom stereocenters. The van der Waals surface area contributed by atoms with E-state index in [0.29, 0.717) is 108 Å². The van der Waals surface area contributed by atoms with E-state index in [1.807, 2.05) is 58.5 Å². The summed E-state index contributed by atoms with van der Waals surface area (Å²) in [5.74, 6) is -13.8. The Labute approximate surface area is 791 Å². The van der Waals surface area contributed by atoms with E-state index in [9.17, 15) is 96.8 Å². The second kappa shape index (κ2) is 54.1. The van der Waals surface area contributed by atoms with Crippen LogP contribution in [-0.2, 0) is 119 Å². The number of urea groups is 1. The fourth-order valence-electron chi connectivity index (χ4n) is 15.4. The van der Waals surface area contributed by atoms with Crippen molar-refractivity contribution < 1.29 is 111 Å². The number of carboxylic acid groups (broad SMARTS) is 4. The van der Waals surface area contributed by atoms with E-state index < -0.39 is 162 Å². The summed E-state index contributed by atoms with van der Waals surface area (Å²) in [5.41, 5.74) is 13.6. The van der Waals surface area contributed by atoms with E-state index in [4.69, 9.17) is 20.3 Å². The molecule has 0 radical (unpaired) electrons. The zero-order valence-electron chi connectivity index (χ0n) is 75.4. The summed E-state index contributed by atoms with van der Waals surface area (Å²) in [7, 11) is 0. The number of carbonyl (C=O) groups is 17. The minimum atomic E-state index is -1.64. The Balaban J connectivity index is 0.631. The predicted octanol–water partition coefficient (Wildman–Crippen LogP) is 1.56. The number of para-hydroxylation sites is 3. The fraction of sp³-hybridized carbons (Fsp3) is 0.430. The molecule has 43 nitrogen and oxygen atoms in total. The maximum absolute atomic E-state index is 14.9. The molecule has 2 aliphatic heterocycles. The van der Waals surface area contributed by atoms with Gasteiger partial charge in [0, 0.05) is 161 Å². The molecule has 14 amide bonds. The van der Waals surface area contributed by atoms with Crippen LogP contribution < -0.4 is 74.4 Å². The zero-order valence-corrected chi connectivity index (χ0v) is 76.2. The number of rotatable bonds is 59. The van der Waals surface area contributed by atoms with Gasteiger partial charge in [0.1, 0.15) is 41.9 Å². The SMILES string of the molecule is NCCNCCn1nnc2c1-c1ccccc1CN(C(=O)CCNC(=O)CCOCCOCCNC(=O)CCN1C(=O)CC(SCC(NC(=O)CNC(=O)C(Cc3c[nH]c4ccccc34)NC(=O)C(Cc3c[nH]c4ccccc34)NC(=O)CNC(=O)C(Cc3ccccc3)NC(=O)CCCCCCCNC(=O)CC[C@H](NC(=O)N[C@@H](CCC(=O)O)C(=O)O)C(=O)O)C(=O)O)C1=O)c1ccccc1-2. The largest absolute Gasteiger partial charge is 0.481 e. The van der Waals surface area contributed by atoms with Crippen LogP contribution in [0.15, 0.2) is 140 Å². The van der Waals surface area contributed by atoms with Crippen molar-refractivity contribution in [1.29, 1.82) is 0 Å². The van der Waals surface area contributed by atoms with Crippen molar-refractivity contribution in [2.24, 2.45) is 5.73 Å². The van der Waals surface area contributed by atoms with Gasteiger partial charge in [0.25, 0.3) is 0 Å². The quantitative estimate of drug-likeness (QED) is 0.0190. The highest BCUT2D eigenvalue weighted by atomic mass is 32.2. The number of carbonyl (C=O) groups excluding carboxylic acids is 13. The zero-order chi connectivity index (χ0) is 98.1. The van der Waals surface area contributed by atoms with Crippen LogP contribution in [0.4, 0.5) is 10.5 Å². The number of anilines is 1. The molecule has 3 aromatic heterocycles. The molecule has 44 heteroatoms. The number of amides is 14. The Hall–Kier alpha value is -14.5. The number of nitrogens with two attached hydrogens (primary N) is 1. The number of aromatic amines is 2. The summed E-state index contributed by atoms with van der Waals surface area (Å²) >= 11 is 0.798. The minimum absolute atomic E-state index is 0.0177. The van der Waals surface area contributed by atoms with Gasteiger partial charge in [-0.25, -0.2) is 23.9 Å². The van der Waals surface area contributed by atoms with Crippen molar-refractivity contribution in [3.63, 3.8) is 0 Å². The Bertz CT molecular complexity index is 5560. The normalized spacial score (nSPS) is 14.0. The molecular weight excluding hydrogens is 1800 g/mol. The number of H-pyrrole nitrogens is 2. The minimum Gasteiger partial charge on any atom is -0.481 e. The first-order valence-electron chi connectivity index (χ1n) is 45.2. The summed E-state index contributed by atoms with van der Waals surface area (Å²) in [4.78, 5) is 232. The van der Waals surface area contributed by atoms with E-state index in [0.717, 1.165) is 39.0 Å². The third kappa shape index (κ3) is 32.9. The number of ether oxygens (including phenoxy) is 2. The average molecular weight is 1910 g/mol. The van der Waals surface area contributed by atoms with E-state index in [1.165, 1.54) is 0 Å². The molecule has 5 heterocycles. The van der Waals surface area contributed by atoms with Crippen LogP contribution in [0.5, 0.6) is 0 Å². The summed E-state index contributed by atoms with van der Waals surface area (Å²) in [6.45, 7) is 1.68. The third-order valence-corrected chi connectivity index (χ3v) is 23.8. The lowest BCUT2D eigenvalue weighted by Gasteiger charge is -2.28. The number of nitrogens with one attached hydrogen (secondary N) is 14. The van der Waals surface area contributed by atoms with Crippen molar-refractivity contribution in [3.8, 4) is 22.5 Å². The van der Waals surface area contributed by atoms with Crippen LogP contribution in [0.1, 0.15) is 112 Å². The smallest absolute Gasteiger partial charge is 0.327 e. The van der Waals surface area contributed by atoms with Gasteiger partial charge in [-0.05, 0) is 66.1 Å². The summed E-state index contributed by atoms with van der Waals surface area (Å²) in [5, 5.41) is 78.7. The van der Waals surface area contributed by atoms with E-state index in [-0.39, 0.29) is 135 Å². The first-order chi connectivity index (χ1) is 66.1. The van der Waals surface area contributed by atoms with E-state index >= 15 is 0 Å². The molecule has 0 bridgehead atoms. The van der Waals surface area contributed by atoms with Gasteiger partial charge in [0.15, 0.2) is 0 Å². The Morgan fingerprint density at radius 3 is 1.68 bits per heavy atom. The molecule has 7 atom stereocenters. The van der Waals surface area contributed by atoms with Gasteiger partial charge in [0.05, 0.1) is 69.2 Å². The van der Waals surface area contributed by atoms with Crippen molar-refractivity contribution >= 4 is 140 Å². The lowest BCUT2D eigenvalue weighted by molar-refractivity contribution is -0.141. The molecule has 732 valence electrons. The summed E-state index contributed by atoms with van der Waals surface area (Å²) in [6, 6.07) is 28.4. The lowest BCUT2D eigenvalue weighted by Crippen LogP contribution is -2.57. The Morgan fingerprint density at radius 2 is 1.02 bits per heavy atom. The van der Waals surface area contributed by atoms with Gasteiger partial charge in [-0.1, -0.05) is 134 Å². The number of thioether (sulfide) groups is 1. The van der Waals surface area contributed by atoms with Gasteiger partial charge in [0.2, 0.25) is 70.9 Å². The van der Waals surface area contributed by atoms with Crippen molar-refractivity contribution in [3.05, 3.63) is 162 Å². The number of hydrogen-bond acceptors (Lipinski definition) is 24. The highest BCUT2D eigenvalue weighted by Crippen LogP contribution is 2.41. The first kappa shape index (κ1) is 105. The maximum atomic E-state index is 14.9. The second-order valence-corrected chi connectivity index (χ2v) is 33.8. The number of aromatic nitrogens is 5. The molecule has 1 saturated heterocycles. The molecule has 20 N–H and O–H groups in total. The first-order valence-corrected chi connectivity index (χ1v) is 46.2. The Kier molecular flexibility index (Phi) is 41.3. The molecule has 5 aromatic carbocycles. The van der Waals surface area contributed by atoms with E-state index in [2.05, 4.69) is 78.8 Å². The molecular formula is C93H116N20O23S. The number of hydrogen-bond donors (Lipinski definition) is 19. The molecule has 8 aromatic rings. The number of carboxylic acids is 4. The van der Waals surface area contributed by atoms with Crippen LogP contribution in [0.2, 0.25) is 0 Å². The summed E-state index contributed by atoms with van der Waals surface area (Å²) in [6.07, 6.45) is 3.58. The van der Waals surface area contributed by atoms with Gasteiger partial charge in [-0.15, -0.1) is 16.9 Å². The molecule has 2 aliphatic rings. The van der Waals surface area contributed by atoms with Crippen LogP contribution in [0, 0.1) is 0 Å². The van der Waals surface area contributed by atoms with Crippen LogP contribution >= 0.6 is 11.8 Å². The number of likely N-dealkylation sites (tertiary alicyclic amines) is 1. The number of aliphatic carboxylic acids is 4. The molecule has 0 saturated carbocycles. The van der Waals surface area contributed by atoms with Crippen molar-refractivity contribution in [1.82, 2.24) is 93.7 Å². The lowest BCUT2D eigenvalue weighted by atomic mass is 9.95. The third-order valence-electron chi connectivity index (χ3n) is 22.5. The standard InChI is InChI=1S/C93H116N20O23S/c94-35-38-95-39-42-113-85-63-22-9-8-19-58(63)55-112(73-26-15-12-23-64(73)84(85)109-110-113)81(120)32-37-97-77(116)34-43-135-45-46-136-44-40-98-76(115)33-41-111-82(121)50-74(89(111)127)137-56-72(92(132)133)105-80(119)54-102-87(125)70(48-59-51-99-65-24-13-10-20-61(59)65)106-88(126)71(49-60-52-100-66-25-14-11-21-62(60)66)104-79(118)53-101-86(124)69(47-57-17-5-4-6-18-57)103-78(117)27-7-2-1-3-16-36-96-75(114)30-28-67(90(128)129)107-93(134)108-68(91(130)131)29-31-83(122)123/h4-6,8-15,17-26,51-52,67-72,74,95,99-100H,1-3,7,16,27-50,53-56,94H2,(H,96,114)(H,97,116)(H,98,115)(H,101,124)(H,102,125)(H,103,117)(H,104,118)(H,105,119)(H,106,126)(H,122,123)(H,128,129)(H,130,131)(H,132,133)(H2,107,108,134)/t67-,68-,69?,70?,71?,72?,74?/m0/s1. The van der Waals surface area contributed by atoms with Crippen LogP contribution in [0.25, 0.3) is 44.3 Å². The van der Waals surface area contributed by atoms with Gasteiger partial charge in [-0.3, -0.25) is 67.2 Å². The number of unbranched alkanes of at least 4 members (excludes halogenated alkanes) is 4. The van der Waals surface area contributed by atoms with E-state index in [1.54, 1.807) is 96.2 Å². The second-order valence-electron chi connectivity index (χ2n) is 32.5. The monoisotopic (exact) mass is 1910 g/mol. The molecule has 1 fully saturated rings. The maximum Gasteiger partial charge on any atom is 0.327 e. The molecule has 137 heavy (non-hydrogen) atoms. The molecule has 10 rings (SSSR count). The van der Waals surface area contributed by atoms with Crippen LogP contribution in [-0.4, -0.2) is 284 Å². The molecule has 0 spiro atoms. The highest BCUT2D eigenvalue weighted by Gasteiger charge is 2.41. The average Bonchev–Trinajstić information content (AvgIpc) is 1.69. The highest BCUT2D eigenvalue weighted by molar-refractivity contribution is 8.00. The van der Waals surface area contributed by atoms with Gasteiger partial charge < -0.3 is 114 Å². The predicted molar refractivity (Wildman–Crippen MR) is 500 cm³/mol. The number of imide groups is 1. The summed E-state index contributed by atoms with van der Waals surface area (Å²) < 4.78 is 13.0. The number of nitrogens with zero attached hydrogens (tertiary/aromatic N) is 5. The number of fused-ring (bicyclic) bond motifs is 7. The fourth-order valence-corrected chi connectivity index (χ4v) is 16.6. The Morgan fingerprint density at radius 1 is 0.474 bits per heavy atom.